The number of aromatic amines is 1. The van der Waals surface area contributed by atoms with Crippen molar-refractivity contribution in [2.24, 2.45) is 5.16 Å². The number of nitrogens with one attached hydrogen (secondary N) is 2. The summed E-state index contributed by atoms with van der Waals surface area (Å²) in [6.07, 6.45) is -0.670. The lowest BCUT2D eigenvalue weighted by Crippen LogP contribution is -2.70. The van der Waals surface area contributed by atoms with Gasteiger partial charge < -0.3 is 20.6 Å². The van der Waals surface area contributed by atoms with Crippen molar-refractivity contribution in [1.82, 2.24) is 30.9 Å². The molecule has 1 aliphatic heterocycles. The second kappa shape index (κ2) is 11.7. The van der Waals surface area contributed by atoms with Gasteiger partial charge in [-0.05, 0) is 23.3 Å². The molecule has 0 spiro atoms. The first-order chi connectivity index (χ1) is 19.4. The highest BCUT2D eigenvalue weighted by atomic mass is 32.1. The summed E-state index contributed by atoms with van der Waals surface area (Å²) in [5.74, 6) is -1.80. The summed E-state index contributed by atoms with van der Waals surface area (Å²) >= 11 is 1.09. The lowest BCUT2D eigenvalue weighted by Gasteiger charge is -2.42. The predicted molar refractivity (Wildman–Crippen MR) is 143 cm³/mol. The van der Waals surface area contributed by atoms with Crippen LogP contribution in [0.5, 0.6) is 0 Å². The third-order valence-corrected chi connectivity index (χ3v) is 6.68. The Balaban J connectivity index is 1.27. The molecule has 1 saturated heterocycles. The highest BCUT2D eigenvalue weighted by molar-refractivity contribution is 7.13. The average molecular weight is 562 g/mol. The van der Waals surface area contributed by atoms with E-state index < -0.39 is 42.6 Å². The first kappa shape index (κ1) is 26.4. The molecule has 0 unspecified atom stereocenters. The molecule has 0 saturated carbocycles. The molecule has 4 N–H and O–H groups in total. The monoisotopic (exact) mass is 561 g/mol. The molecule has 1 fully saturated rings. The van der Waals surface area contributed by atoms with Crippen LogP contribution >= 0.6 is 11.3 Å². The van der Waals surface area contributed by atoms with Gasteiger partial charge in [-0.1, -0.05) is 70.9 Å². The number of amides is 2. The van der Waals surface area contributed by atoms with Crippen molar-refractivity contribution in [2.45, 2.75) is 25.1 Å². The molecule has 204 valence electrons. The second-order valence-electron chi connectivity index (χ2n) is 8.59. The minimum atomic E-state index is -0.880. The van der Waals surface area contributed by atoms with E-state index >= 15 is 0 Å². The molecule has 0 radical (unpaired) electrons. The predicted octanol–water partition coefficient (Wildman–Crippen LogP) is 1.21. The molecule has 40 heavy (non-hydrogen) atoms. The summed E-state index contributed by atoms with van der Waals surface area (Å²) in [5, 5.41) is 21.5. The zero-order valence-corrected chi connectivity index (χ0v) is 21.8. The Morgan fingerprint density at radius 3 is 2.38 bits per heavy atom. The Bertz CT molecular complexity index is 1470. The van der Waals surface area contributed by atoms with Gasteiger partial charge in [-0.3, -0.25) is 14.5 Å². The van der Waals surface area contributed by atoms with Crippen LogP contribution in [-0.4, -0.2) is 67.8 Å². The smallest absolute Gasteiger partial charge is 0.347 e. The number of anilines is 2. The van der Waals surface area contributed by atoms with Crippen LogP contribution in [0.15, 0.2) is 71.2 Å². The molecule has 2 atom stereocenters. The standard InChI is InChI=1S/C25H23N9O5S/c1-14-19(23(37)34(14)25-29-32-33-30-25)28-22(36)20(17-13-40-24(26)27-17)31-38-12-18(35)39-21(15-8-4-2-5-9-15)16-10-6-3-7-11-16/h2-11,13-14,19,21H,12H2,1H3,(H2,26,27)(H,28,36)(H,29,30,32,33)/b31-20-/t14-,19+/m1/s1. The van der Waals surface area contributed by atoms with Crippen molar-refractivity contribution in [2.75, 3.05) is 17.2 Å². The van der Waals surface area contributed by atoms with Crippen molar-refractivity contribution in [1.29, 1.82) is 0 Å². The Morgan fingerprint density at radius 2 is 1.82 bits per heavy atom. The minimum absolute atomic E-state index is 0.0929. The number of oxime groups is 1. The van der Waals surface area contributed by atoms with Crippen molar-refractivity contribution < 1.29 is 24.0 Å². The summed E-state index contributed by atoms with van der Waals surface area (Å²) < 4.78 is 5.70. The van der Waals surface area contributed by atoms with E-state index in [0.29, 0.717) is 0 Å². The van der Waals surface area contributed by atoms with Crippen molar-refractivity contribution in [3.63, 3.8) is 0 Å². The number of thiazole rings is 1. The van der Waals surface area contributed by atoms with Crippen molar-refractivity contribution in [3.05, 3.63) is 82.9 Å². The minimum Gasteiger partial charge on any atom is -0.450 e. The van der Waals surface area contributed by atoms with E-state index in [1.54, 1.807) is 6.92 Å². The van der Waals surface area contributed by atoms with Crippen LogP contribution in [0.4, 0.5) is 11.1 Å². The third-order valence-electron chi connectivity index (χ3n) is 6.00. The fourth-order valence-corrected chi connectivity index (χ4v) is 4.60. The lowest BCUT2D eigenvalue weighted by molar-refractivity contribution is -0.153. The summed E-state index contributed by atoms with van der Waals surface area (Å²) in [6.45, 7) is 1.12. The first-order valence-electron chi connectivity index (χ1n) is 12.0. The van der Waals surface area contributed by atoms with Gasteiger partial charge in [0.1, 0.15) is 11.7 Å². The number of tetrazole rings is 1. The summed E-state index contributed by atoms with van der Waals surface area (Å²) in [7, 11) is 0. The molecule has 3 heterocycles. The van der Waals surface area contributed by atoms with Crippen LogP contribution < -0.4 is 16.0 Å². The van der Waals surface area contributed by atoms with Gasteiger partial charge in [0.25, 0.3) is 17.8 Å². The van der Waals surface area contributed by atoms with Gasteiger partial charge in [-0.15, -0.1) is 16.4 Å². The molecule has 14 nitrogen and oxygen atoms in total. The number of esters is 1. The number of aromatic nitrogens is 5. The number of β-lactam (4-membered cyclic amide) rings is 1. The van der Waals surface area contributed by atoms with E-state index in [9.17, 15) is 14.4 Å². The SMILES string of the molecule is C[C@@H]1[C@H](NC(=O)/C(=N\OCC(=O)OC(c2ccccc2)c2ccccc2)c2csc(N)n2)C(=O)N1c1nn[nH]n1. The first-order valence-corrected chi connectivity index (χ1v) is 12.9. The van der Waals surface area contributed by atoms with Gasteiger partial charge in [0.15, 0.2) is 16.9 Å². The summed E-state index contributed by atoms with van der Waals surface area (Å²) in [5.41, 5.74) is 7.14. The number of carbonyl (C=O) groups excluding carboxylic acids is 3. The van der Waals surface area contributed by atoms with Gasteiger partial charge in [0.2, 0.25) is 6.61 Å². The molecule has 2 amide bonds. The quantitative estimate of drug-likeness (QED) is 0.110. The highest BCUT2D eigenvalue weighted by Gasteiger charge is 2.48. The van der Waals surface area contributed by atoms with Gasteiger partial charge >= 0.3 is 5.97 Å². The van der Waals surface area contributed by atoms with Gasteiger partial charge in [0.05, 0.1) is 6.04 Å². The van der Waals surface area contributed by atoms with Crippen molar-refractivity contribution >= 4 is 45.9 Å². The Hall–Kier alpha value is -5.18. The Kier molecular flexibility index (Phi) is 7.72. The topological polar surface area (TPSA) is 191 Å². The number of rotatable bonds is 10. The fraction of sp³-hybridized carbons (Fsp3) is 0.200. The van der Waals surface area contributed by atoms with E-state index in [0.717, 1.165) is 22.5 Å². The molecule has 2 aromatic carbocycles. The Labute approximate surface area is 231 Å². The molecular formula is C25H23N9O5S. The van der Waals surface area contributed by atoms with Gasteiger partial charge in [0, 0.05) is 5.38 Å². The maximum absolute atomic E-state index is 13.1. The molecule has 1 aliphatic rings. The van der Waals surface area contributed by atoms with Crippen LogP contribution in [0.25, 0.3) is 0 Å². The molecule has 2 aromatic heterocycles. The largest absolute Gasteiger partial charge is 0.450 e. The molecular weight excluding hydrogens is 538 g/mol. The number of hydrogen-bond acceptors (Lipinski definition) is 12. The molecule has 15 heteroatoms. The Morgan fingerprint density at radius 1 is 1.15 bits per heavy atom. The van der Waals surface area contributed by atoms with Gasteiger partial charge in [-0.25, -0.2) is 9.78 Å². The van der Waals surface area contributed by atoms with E-state index in [4.69, 9.17) is 15.3 Å². The number of nitrogens with two attached hydrogens (primary N) is 1. The molecule has 0 bridgehead atoms. The van der Waals surface area contributed by atoms with E-state index in [-0.39, 0.29) is 22.5 Å². The maximum Gasteiger partial charge on any atom is 0.347 e. The zero-order chi connectivity index (χ0) is 28.1. The zero-order valence-electron chi connectivity index (χ0n) is 21.0. The number of nitrogens with zero attached hydrogens (tertiary/aromatic N) is 6. The van der Waals surface area contributed by atoms with Crippen LogP contribution in [0, 0.1) is 0 Å². The van der Waals surface area contributed by atoms with Crippen molar-refractivity contribution in [3.8, 4) is 0 Å². The van der Waals surface area contributed by atoms with Crippen LogP contribution in [0.3, 0.4) is 0 Å². The molecule has 4 aromatic rings. The fourth-order valence-electron chi connectivity index (χ4n) is 4.06. The molecule has 0 aliphatic carbocycles. The maximum atomic E-state index is 13.1. The number of carbonyl (C=O) groups is 3. The highest BCUT2D eigenvalue weighted by Crippen LogP contribution is 2.26. The number of benzene rings is 2. The van der Waals surface area contributed by atoms with E-state index in [1.165, 1.54) is 10.3 Å². The lowest BCUT2D eigenvalue weighted by atomic mass is 9.97. The van der Waals surface area contributed by atoms with Crippen LogP contribution in [0.1, 0.15) is 29.8 Å². The number of ether oxygens (including phenoxy) is 1. The van der Waals surface area contributed by atoms with E-state index in [1.807, 2.05) is 60.7 Å². The van der Waals surface area contributed by atoms with Crippen LogP contribution in [-0.2, 0) is 24.0 Å². The summed E-state index contributed by atoms with van der Waals surface area (Å²) in [4.78, 5) is 49.1. The summed E-state index contributed by atoms with van der Waals surface area (Å²) in [6, 6.07) is 17.2. The number of nitrogen functional groups attached to an aromatic ring is 1. The molecule has 5 rings (SSSR count). The van der Waals surface area contributed by atoms with Gasteiger partial charge in [-0.2, -0.15) is 5.21 Å². The van der Waals surface area contributed by atoms with Crippen LogP contribution in [0.2, 0.25) is 0 Å². The second-order valence-corrected chi connectivity index (χ2v) is 9.48. The number of hydrogen-bond donors (Lipinski definition) is 3. The number of H-pyrrole nitrogens is 1. The normalized spacial score (nSPS) is 16.9. The third kappa shape index (κ3) is 5.63. The van der Waals surface area contributed by atoms with E-state index in [2.05, 4.69) is 36.1 Å². The average Bonchev–Trinajstić information content (AvgIpc) is 3.66.